The van der Waals surface area contributed by atoms with Gasteiger partial charge in [-0.25, -0.2) is 9.97 Å². The van der Waals surface area contributed by atoms with E-state index in [-0.39, 0.29) is 0 Å². The molecule has 2 aromatic rings. The Morgan fingerprint density at radius 3 is 2.57 bits per heavy atom. The smallest absolute Gasteiger partial charge is 0.225 e. The van der Waals surface area contributed by atoms with E-state index in [1.54, 1.807) is 19.5 Å². The Bertz CT molecular complexity index is 645. The Balaban J connectivity index is 1.31. The molecule has 0 bridgehead atoms. The van der Waals surface area contributed by atoms with Gasteiger partial charge in [0.1, 0.15) is 5.76 Å². The molecule has 2 fully saturated rings. The predicted molar refractivity (Wildman–Crippen MR) is 84.6 cm³/mol. The Morgan fingerprint density at radius 2 is 1.91 bits per heavy atom. The lowest BCUT2D eigenvalue weighted by molar-refractivity contribution is 0.240. The van der Waals surface area contributed by atoms with E-state index in [2.05, 4.69) is 31.0 Å². The molecule has 0 N–H and O–H groups in total. The monoisotopic (exact) mass is 315 g/mol. The molecule has 0 aromatic carbocycles. The number of aromatic nitrogens is 3. The first-order chi connectivity index (χ1) is 11.3. The average Bonchev–Trinajstić information content (AvgIpc) is 3.36. The minimum atomic E-state index is 0.625. The van der Waals surface area contributed by atoms with Gasteiger partial charge in [0.15, 0.2) is 5.75 Å². The first-order valence-electron chi connectivity index (χ1n) is 8.10. The van der Waals surface area contributed by atoms with Gasteiger partial charge in [-0.3, -0.25) is 4.90 Å². The highest BCUT2D eigenvalue weighted by Crippen LogP contribution is 2.40. The first-order valence-corrected chi connectivity index (χ1v) is 8.10. The molecule has 122 valence electrons. The summed E-state index contributed by atoms with van der Waals surface area (Å²) in [6.07, 6.45) is 5.91. The van der Waals surface area contributed by atoms with E-state index >= 15 is 0 Å². The lowest BCUT2D eigenvalue weighted by Crippen LogP contribution is -2.46. The third kappa shape index (κ3) is 3.29. The lowest BCUT2D eigenvalue weighted by atomic mass is 10.2. The molecule has 1 saturated heterocycles. The largest absolute Gasteiger partial charge is 0.494 e. The highest BCUT2D eigenvalue weighted by molar-refractivity contribution is 5.32. The molecule has 0 radical (unpaired) electrons. The van der Waals surface area contributed by atoms with Gasteiger partial charge >= 0.3 is 0 Å². The second-order valence-electron chi connectivity index (χ2n) is 6.18. The quantitative estimate of drug-likeness (QED) is 0.831. The van der Waals surface area contributed by atoms with E-state index in [1.807, 2.05) is 0 Å². The molecule has 1 saturated carbocycles. The van der Waals surface area contributed by atoms with Crippen LogP contribution in [0.4, 0.5) is 5.95 Å². The van der Waals surface area contributed by atoms with Crippen LogP contribution < -0.4 is 9.64 Å². The van der Waals surface area contributed by atoms with Crippen LogP contribution in [0, 0.1) is 0 Å². The van der Waals surface area contributed by atoms with Crippen LogP contribution in [-0.2, 0) is 6.54 Å². The van der Waals surface area contributed by atoms with Crippen molar-refractivity contribution in [1.29, 1.82) is 0 Å². The number of ether oxygens (including phenoxy) is 1. The van der Waals surface area contributed by atoms with Crippen molar-refractivity contribution >= 4 is 5.95 Å². The van der Waals surface area contributed by atoms with Gasteiger partial charge in [-0.1, -0.05) is 5.16 Å². The zero-order valence-corrected chi connectivity index (χ0v) is 13.3. The van der Waals surface area contributed by atoms with E-state index in [0.717, 1.165) is 50.1 Å². The first kappa shape index (κ1) is 14.4. The summed E-state index contributed by atoms with van der Waals surface area (Å²) in [7, 11) is 1.62. The molecule has 23 heavy (non-hydrogen) atoms. The molecule has 7 nitrogen and oxygen atoms in total. The number of piperazine rings is 1. The highest BCUT2D eigenvalue weighted by Gasteiger charge is 2.28. The highest BCUT2D eigenvalue weighted by atomic mass is 16.5. The van der Waals surface area contributed by atoms with Crippen molar-refractivity contribution in [1.82, 2.24) is 20.0 Å². The van der Waals surface area contributed by atoms with Gasteiger partial charge in [-0.05, 0) is 12.8 Å². The second-order valence-corrected chi connectivity index (χ2v) is 6.18. The number of methoxy groups -OCH3 is 1. The molecule has 2 aliphatic rings. The van der Waals surface area contributed by atoms with Gasteiger partial charge < -0.3 is 14.2 Å². The van der Waals surface area contributed by atoms with Crippen LogP contribution in [0.3, 0.4) is 0 Å². The third-order valence-corrected chi connectivity index (χ3v) is 4.45. The van der Waals surface area contributed by atoms with Crippen LogP contribution in [0.25, 0.3) is 0 Å². The predicted octanol–water partition coefficient (Wildman–Crippen LogP) is 1.67. The molecule has 2 aromatic heterocycles. The Hall–Kier alpha value is -2.15. The molecule has 3 heterocycles. The summed E-state index contributed by atoms with van der Waals surface area (Å²) in [6, 6.07) is 2.12. The number of hydrogen-bond acceptors (Lipinski definition) is 7. The van der Waals surface area contributed by atoms with Crippen molar-refractivity contribution in [2.24, 2.45) is 0 Å². The molecule has 0 amide bonds. The molecular formula is C16H21N5O2. The minimum absolute atomic E-state index is 0.625. The van der Waals surface area contributed by atoms with E-state index in [1.165, 1.54) is 12.8 Å². The van der Waals surface area contributed by atoms with Crippen LogP contribution in [-0.4, -0.2) is 53.3 Å². The van der Waals surface area contributed by atoms with E-state index in [0.29, 0.717) is 11.7 Å². The fraction of sp³-hybridized carbons (Fsp3) is 0.562. The summed E-state index contributed by atoms with van der Waals surface area (Å²) >= 11 is 0. The molecule has 4 rings (SSSR count). The number of anilines is 1. The van der Waals surface area contributed by atoms with Crippen molar-refractivity contribution in [2.45, 2.75) is 25.3 Å². The van der Waals surface area contributed by atoms with Gasteiger partial charge in [-0.2, -0.15) is 0 Å². The van der Waals surface area contributed by atoms with Crippen molar-refractivity contribution < 1.29 is 9.26 Å². The second kappa shape index (κ2) is 6.16. The summed E-state index contributed by atoms with van der Waals surface area (Å²) < 4.78 is 10.5. The standard InChI is InChI=1S/C16H21N5O2/c1-22-14-9-17-16(18-10-14)21-6-4-20(5-7-21)11-13-8-15(23-19-13)12-2-3-12/h8-10,12H,2-7,11H2,1H3. The third-order valence-electron chi connectivity index (χ3n) is 4.45. The van der Waals surface area contributed by atoms with Gasteiger partial charge in [0.25, 0.3) is 0 Å². The normalized spacial score (nSPS) is 19.1. The number of hydrogen-bond donors (Lipinski definition) is 0. The van der Waals surface area contributed by atoms with E-state index in [9.17, 15) is 0 Å². The molecule has 0 spiro atoms. The zero-order valence-electron chi connectivity index (χ0n) is 13.3. The summed E-state index contributed by atoms with van der Waals surface area (Å²) in [5.74, 6) is 3.14. The maximum absolute atomic E-state index is 5.42. The van der Waals surface area contributed by atoms with Gasteiger partial charge in [0.05, 0.1) is 25.2 Å². The van der Waals surface area contributed by atoms with Crippen molar-refractivity contribution in [2.75, 3.05) is 38.2 Å². The summed E-state index contributed by atoms with van der Waals surface area (Å²) in [5.41, 5.74) is 1.04. The molecule has 7 heteroatoms. The Morgan fingerprint density at radius 1 is 1.17 bits per heavy atom. The van der Waals surface area contributed by atoms with E-state index in [4.69, 9.17) is 9.26 Å². The van der Waals surface area contributed by atoms with Crippen LogP contribution in [0.5, 0.6) is 5.75 Å². The van der Waals surface area contributed by atoms with Crippen molar-refractivity contribution in [3.05, 3.63) is 29.9 Å². The minimum Gasteiger partial charge on any atom is -0.494 e. The number of nitrogens with zero attached hydrogens (tertiary/aromatic N) is 5. The maximum atomic E-state index is 5.42. The van der Waals surface area contributed by atoms with Crippen molar-refractivity contribution in [3.63, 3.8) is 0 Å². The Kier molecular flexibility index (Phi) is 3.87. The fourth-order valence-corrected chi connectivity index (χ4v) is 2.88. The summed E-state index contributed by atoms with van der Waals surface area (Å²) in [6.45, 7) is 4.63. The topological polar surface area (TPSA) is 67.5 Å². The maximum Gasteiger partial charge on any atom is 0.225 e. The summed E-state index contributed by atoms with van der Waals surface area (Å²) in [4.78, 5) is 13.3. The molecular weight excluding hydrogens is 294 g/mol. The van der Waals surface area contributed by atoms with Crippen LogP contribution in [0.15, 0.2) is 23.0 Å². The van der Waals surface area contributed by atoms with E-state index < -0.39 is 0 Å². The van der Waals surface area contributed by atoms with Crippen LogP contribution in [0.2, 0.25) is 0 Å². The zero-order chi connectivity index (χ0) is 15.6. The lowest BCUT2D eigenvalue weighted by Gasteiger charge is -2.34. The van der Waals surface area contributed by atoms with Crippen LogP contribution >= 0.6 is 0 Å². The molecule has 0 unspecified atom stereocenters. The van der Waals surface area contributed by atoms with Gasteiger partial charge in [-0.15, -0.1) is 0 Å². The molecule has 0 atom stereocenters. The SMILES string of the molecule is COc1cnc(N2CCN(Cc3cc(C4CC4)on3)CC2)nc1. The Labute approximate surface area is 135 Å². The summed E-state index contributed by atoms with van der Waals surface area (Å²) in [5, 5.41) is 4.20. The molecule has 1 aliphatic heterocycles. The average molecular weight is 315 g/mol. The fourth-order valence-electron chi connectivity index (χ4n) is 2.88. The number of rotatable bonds is 5. The van der Waals surface area contributed by atoms with Gasteiger partial charge in [0, 0.05) is 44.7 Å². The van der Waals surface area contributed by atoms with Gasteiger partial charge in [0.2, 0.25) is 5.95 Å². The van der Waals surface area contributed by atoms with Crippen molar-refractivity contribution in [3.8, 4) is 5.75 Å². The molecule has 1 aliphatic carbocycles. The van der Waals surface area contributed by atoms with Crippen LogP contribution in [0.1, 0.15) is 30.2 Å².